The average molecular weight is 291 g/mol. The quantitative estimate of drug-likeness (QED) is 0.852. The van der Waals surface area contributed by atoms with Gasteiger partial charge in [0.1, 0.15) is 11.5 Å². The summed E-state index contributed by atoms with van der Waals surface area (Å²) in [4.78, 5) is 11.5. The van der Waals surface area contributed by atoms with Crippen molar-refractivity contribution in [2.24, 2.45) is 0 Å². The molecule has 2 aromatic rings. The van der Waals surface area contributed by atoms with Crippen LogP contribution in [0.25, 0.3) is 0 Å². The summed E-state index contributed by atoms with van der Waals surface area (Å²) in [6, 6.07) is 10.3. The first-order chi connectivity index (χ1) is 9.51. The molecular formula is C15H15ClN2O2. The minimum Gasteiger partial charge on any atom is -0.455 e. The minimum atomic E-state index is -0.192. The molecule has 0 aliphatic heterocycles. The van der Waals surface area contributed by atoms with Crippen LogP contribution in [0.5, 0.6) is 11.5 Å². The van der Waals surface area contributed by atoms with Gasteiger partial charge in [-0.2, -0.15) is 0 Å². The van der Waals surface area contributed by atoms with Crippen LogP contribution in [0.1, 0.15) is 15.9 Å². The SMILES string of the molecule is CNC(=O)c1ccc(Oc2cc(Cl)ccc2C)c(N)c1. The number of anilines is 1. The number of nitrogen functional groups attached to an aromatic ring is 1. The van der Waals surface area contributed by atoms with Crippen LogP contribution in [0.3, 0.4) is 0 Å². The Morgan fingerprint density at radius 3 is 2.60 bits per heavy atom. The predicted molar refractivity (Wildman–Crippen MR) is 80.5 cm³/mol. The van der Waals surface area contributed by atoms with E-state index < -0.39 is 0 Å². The summed E-state index contributed by atoms with van der Waals surface area (Å²) < 4.78 is 5.75. The number of carbonyl (C=O) groups is 1. The first-order valence-electron chi connectivity index (χ1n) is 6.07. The first kappa shape index (κ1) is 14.2. The smallest absolute Gasteiger partial charge is 0.251 e. The zero-order chi connectivity index (χ0) is 14.7. The van der Waals surface area contributed by atoms with Gasteiger partial charge in [-0.05, 0) is 42.8 Å². The molecule has 0 unspecified atom stereocenters. The number of aryl methyl sites for hydroxylation is 1. The normalized spacial score (nSPS) is 10.2. The Kier molecular flexibility index (Phi) is 4.15. The highest BCUT2D eigenvalue weighted by atomic mass is 35.5. The number of rotatable bonds is 3. The van der Waals surface area contributed by atoms with Gasteiger partial charge in [-0.3, -0.25) is 4.79 Å². The van der Waals surface area contributed by atoms with E-state index in [9.17, 15) is 4.79 Å². The molecule has 0 aromatic heterocycles. The summed E-state index contributed by atoms with van der Waals surface area (Å²) >= 11 is 5.94. The van der Waals surface area contributed by atoms with Gasteiger partial charge in [0.25, 0.3) is 5.91 Å². The van der Waals surface area contributed by atoms with E-state index in [0.717, 1.165) is 5.56 Å². The summed E-state index contributed by atoms with van der Waals surface area (Å²) in [6.07, 6.45) is 0. The van der Waals surface area contributed by atoms with E-state index in [-0.39, 0.29) is 5.91 Å². The largest absolute Gasteiger partial charge is 0.455 e. The third-order valence-corrected chi connectivity index (χ3v) is 3.10. The lowest BCUT2D eigenvalue weighted by Gasteiger charge is -2.12. The summed E-state index contributed by atoms with van der Waals surface area (Å²) in [5.74, 6) is 0.932. The number of nitrogens with one attached hydrogen (secondary N) is 1. The Labute approximate surface area is 122 Å². The van der Waals surface area contributed by atoms with Crippen LogP contribution in [0.4, 0.5) is 5.69 Å². The lowest BCUT2D eigenvalue weighted by atomic mass is 10.1. The lowest BCUT2D eigenvalue weighted by molar-refractivity contribution is 0.0963. The van der Waals surface area contributed by atoms with Gasteiger partial charge in [0.15, 0.2) is 0 Å². The van der Waals surface area contributed by atoms with Gasteiger partial charge in [0, 0.05) is 17.6 Å². The molecule has 0 bridgehead atoms. The molecule has 2 aromatic carbocycles. The number of ether oxygens (including phenoxy) is 1. The molecule has 20 heavy (non-hydrogen) atoms. The second kappa shape index (κ2) is 5.84. The number of halogens is 1. The fourth-order valence-electron chi connectivity index (χ4n) is 1.73. The van der Waals surface area contributed by atoms with Crippen molar-refractivity contribution in [3.05, 3.63) is 52.5 Å². The van der Waals surface area contributed by atoms with Gasteiger partial charge in [-0.25, -0.2) is 0 Å². The minimum absolute atomic E-state index is 0.192. The molecule has 5 heteroatoms. The maximum absolute atomic E-state index is 11.5. The van der Waals surface area contributed by atoms with Gasteiger partial charge >= 0.3 is 0 Å². The highest BCUT2D eigenvalue weighted by molar-refractivity contribution is 6.30. The van der Waals surface area contributed by atoms with Crippen molar-refractivity contribution in [3.8, 4) is 11.5 Å². The average Bonchev–Trinajstić information content (AvgIpc) is 2.44. The third-order valence-electron chi connectivity index (χ3n) is 2.87. The number of benzene rings is 2. The first-order valence-corrected chi connectivity index (χ1v) is 6.44. The molecule has 2 rings (SSSR count). The summed E-state index contributed by atoms with van der Waals surface area (Å²) in [5, 5.41) is 3.13. The zero-order valence-corrected chi connectivity index (χ0v) is 12.0. The molecule has 0 heterocycles. The van der Waals surface area contributed by atoms with Crippen LogP contribution >= 0.6 is 11.6 Å². The molecule has 0 spiro atoms. The maximum atomic E-state index is 11.5. The highest BCUT2D eigenvalue weighted by Gasteiger charge is 2.09. The zero-order valence-electron chi connectivity index (χ0n) is 11.2. The lowest BCUT2D eigenvalue weighted by Crippen LogP contribution is -2.17. The highest BCUT2D eigenvalue weighted by Crippen LogP contribution is 2.31. The predicted octanol–water partition coefficient (Wildman–Crippen LogP) is 3.38. The Balaban J connectivity index is 2.30. The topological polar surface area (TPSA) is 64.3 Å². The summed E-state index contributed by atoms with van der Waals surface area (Å²) in [6.45, 7) is 1.92. The molecule has 0 radical (unpaired) electrons. The number of amides is 1. The molecule has 104 valence electrons. The molecule has 0 aliphatic rings. The molecule has 4 nitrogen and oxygen atoms in total. The van der Waals surface area contributed by atoms with E-state index in [1.807, 2.05) is 13.0 Å². The van der Waals surface area contributed by atoms with Gasteiger partial charge in [-0.1, -0.05) is 17.7 Å². The molecule has 3 N–H and O–H groups in total. The van der Waals surface area contributed by atoms with Crippen molar-refractivity contribution in [3.63, 3.8) is 0 Å². The van der Waals surface area contributed by atoms with Crippen molar-refractivity contribution < 1.29 is 9.53 Å². The summed E-state index contributed by atoms with van der Waals surface area (Å²) in [5.41, 5.74) is 7.74. The Bertz CT molecular complexity index is 656. The van der Waals surface area contributed by atoms with E-state index in [0.29, 0.717) is 27.8 Å². The van der Waals surface area contributed by atoms with E-state index >= 15 is 0 Å². The van der Waals surface area contributed by atoms with Crippen molar-refractivity contribution >= 4 is 23.2 Å². The number of hydrogen-bond acceptors (Lipinski definition) is 3. The van der Waals surface area contributed by atoms with Crippen LogP contribution < -0.4 is 15.8 Å². The molecule has 0 atom stereocenters. The second-order valence-corrected chi connectivity index (χ2v) is 4.78. The van der Waals surface area contributed by atoms with Crippen LogP contribution in [0, 0.1) is 6.92 Å². The molecule has 0 saturated carbocycles. The maximum Gasteiger partial charge on any atom is 0.251 e. The van der Waals surface area contributed by atoms with Gasteiger partial charge in [0.05, 0.1) is 5.69 Å². The van der Waals surface area contributed by atoms with Gasteiger partial charge < -0.3 is 15.8 Å². The number of carbonyl (C=O) groups excluding carboxylic acids is 1. The Hall–Kier alpha value is -2.20. The van der Waals surface area contributed by atoms with Crippen molar-refractivity contribution in [2.45, 2.75) is 6.92 Å². The van der Waals surface area contributed by atoms with E-state index in [4.69, 9.17) is 22.1 Å². The molecule has 0 fully saturated rings. The van der Waals surface area contributed by atoms with E-state index in [1.54, 1.807) is 37.4 Å². The fourth-order valence-corrected chi connectivity index (χ4v) is 1.89. The van der Waals surface area contributed by atoms with Crippen LogP contribution in [0.15, 0.2) is 36.4 Å². The Morgan fingerprint density at radius 2 is 1.95 bits per heavy atom. The van der Waals surface area contributed by atoms with Gasteiger partial charge in [0.2, 0.25) is 0 Å². The van der Waals surface area contributed by atoms with E-state index in [2.05, 4.69) is 5.32 Å². The molecule has 1 amide bonds. The van der Waals surface area contributed by atoms with Crippen molar-refractivity contribution in [1.29, 1.82) is 0 Å². The molecular weight excluding hydrogens is 276 g/mol. The monoisotopic (exact) mass is 290 g/mol. The summed E-state index contributed by atoms with van der Waals surface area (Å²) in [7, 11) is 1.57. The van der Waals surface area contributed by atoms with Crippen LogP contribution in [-0.4, -0.2) is 13.0 Å². The molecule has 0 saturated heterocycles. The van der Waals surface area contributed by atoms with Gasteiger partial charge in [-0.15, -0.1) is 0 Å². The standard InChI is InChI=1S/C15H15ClN2O2/c1-9-3-5-11(16)8-14(9)20-13-6-4-10(7-12(13)17)15(19)18-2/h3-8H,17H2,1-2H3,(H,18,19). The fraction of sp³-hybridized carbons (Fsp3) is 0.133. The van der Waals surface area contributed by atoms with Crippen LogP contribution in [-0.2, 0) is 0 Å². The number of hydrogen-bond donors (Lipinski definition) is 2. The number of nitrogens with two attached hydrogens (primary N) is 1. The third kappa shape index (κ3) is 3.03. The van der Waals surface area contributed by atoms with E-state index in [1.165, 1.54) is 0 Å². The molecule has 0 aliphatic carbocycles. The Morgan fingerprint density at radius 1 is 1.20 bits per heavy atom. The van der Waals surface area contributed by atoms with Crippen molar-refractivity contribution in [2.75, 3.05) is 12.8 Å². The van der Waals surface area contributed by atoms with Crippen molar-refractivity contribution in [1.82, 2.24) is 5.32 Å². The second-order valence-electron chi connectivity index (χ2n) is 4.34. The van der Waals surface area contributed by atoms with Crippen LogP contribution in [0.2, 0.25) is 5.02 Å².